The van der Waals surface area contributed by atoms with Gasteiger partial charge in [0.05, 0.1) is 38.6 Å². The first-order valence-corrected chi connectivity index (χ1v) is 5.87. The number of rotatable bonds is 8. The van der Waals surface area contributed by atoms with Crippen molar-refractivity contribution in [1.29, 1.82) is 0 Å². The molecule has 2 atom stereocenters. The lowest BCUT2D eigenvalue weighted by Gasteiger charge is -2.05. The molecule has 0 radical (unpaired) electrons. The van der Waals surface area contributed by atoms with Gasteiger partial charge in [0.2, 0.25) is 0 Å². The van der Waals surface area contributed by atoms with E-state index >= 15 is 0 Å². The average molecular weight is 230 g/mol. The molecular formula is C11H18O5. The minimum atomic E-state index is -0.562. The molecule has 5 heteroatoms. The Bertz CT molecular complexity index is 200. The Balaban J connectivity index is 1.34. The summed E-state index contributed by atoms with van der Waals surface area (Å²) in [6.07, 6.45) is 3.86. The summed E-state index contributed by atoms with van der Waals surface area (Å²) >= 11 is 0. The SMILES string of the molecule is O=C(OCCCC1CO1)OCCCC1CO1. The topological polar surface area (TPSA) is 60.6 Å². The monoisotopic (exact) mass is 230 g/mol. The highest BCUT2D eigenvalue weighted by atomic mass is 16.7. The van der Waals surface area contributed by atoms with Crippen molar-refractivity contribution in [3.8, 4) is 0 Å². The summed E-state index contributed by atoms with van der Waals surface area (Å²) in [6, 6.07) is 0. The maximum Gasteiger partial charge on any atom is 0.508 e. The van der Waals surface area contributed by atoms with Crippen LogP contribution in [-0.4, -0.2) is 44.8 Å². The highest BCUT2D eigenvalue weighted by molar-refractivity contribution is 5.59. The van der Waals surface area contributed by atoms with E-state index < -0.39 is 6.16 Å². The fourth-order valence-corrected chi connectivity index (χ4v) is 1.44. The predicted octanol–water partition coefficient (Wildman–Crippen LogP) is 1.50. The molecule has 5 nitrogen and oxygen atoms in total. The largest absolute Gasteiger partial charge is 0.508 e. The molecule has 0 aromatic rings. The Labute approximate surface area is 95.0 Å². The van der Waals surface area contributed by atoms with E-state index in [-0.39, 0.29) is 0 Å². The first-order chi connectivity index (χ1) is 7.84. The van der Waals surface area contributed by atoms with Gasteiger partial charge in [0.25, 0.3) is 0 Å². The van der Waals surface area contributed by atoms with Crippen LogP contribution in [0, 0.1) is 0 Å². The molecule has 2 heterocycles. The van der Waals surface area contributed by atoms with Crippen LogP contribution in [0.5, 0.6) is 0 Å². The van der Waals surface area contributed by atoms with Gasteiger partial charge in [-0.2, -0.15) is 0 Å². The van der Waals surface area contributed by atoms with Gasteiger partial charge in [-0.1, -0.05) is 0 Å². The number of hydrogen-bond acceptors (Lipinski definition) is 5. The fourth-order valence-electron chi connectivity index (χ4n) is 1.44. The number of carbonyl (C=O) groups is 1. The first kappa shape index (κ1) is 11.7. The van der Waals surface area contributed by atoms with Crippen molar-refractivity contribution in [3.63, 3.8) is 0 Å². The number of hydrogen-bond donors (Lipinski definition) is 0. The molecule has 0 aromatic heterocycles. The van der Waals surface area contributed by atoms with Gasteiger partial charge in [-0.3, -0.25) is 0 Å². The molecule has 0 spiro atoms. The van der Waals surface area contributed by atoms with Crippen molar-refractivity contribution < 1.29 is 23.7 Å². The lowest BCUT2D eigenvalue weighted by molar-refractivity contribution is 0.0523. The third-order valence-electron chi connectivity index (χ3n) is 2.59. The van der Waals surface area contributed by atoms with Crippen molar-refractivity contribution in [3.05, 3.63) is 0 Å². The van der Waals surface area contributed by atoms with Gasteiger partial charge in [-0.25, -0.2) is 4.79 Å². The summed E-state index contributed by atoms with van der Waals surface area (Å²) in [7, 11) is 0. The number of ether oxygens (including phenoxy) is 4. The summed E-state index contributed by atoms with van der Waals surface area (Å²) in [5.41, 5.74) is 0. The summed E-state index contributed by atoms with van der Waals surface area (Å²) in [5, 5.41) is 0. The van der Waals surface area contributed by atoms with Gasteiger partial charge in [0.15, 0.2) is 0 Å². The quantitative estimate of drug-likeness (QED) is 0.359. The zero-order chi connectivity index (χ0) is 11.2. The van der Waals surface area contributed by atoms with E-state index in [9.17, 15) is 4.79 Å². The normalized spacial score (nSPS) is 26.2. The molecule has 0 aromatic carbocycles. The maximum absolute atomic E-state index is 11.1. The van der Waals surface area contributed by atoms with E-state index in [0.29, 0.717) is 25.4 Å². The summed E-state index contributed by atoms with van der Waals surface area (Å²) in [5.74, 6) is 0. The van der Waals surface area contributed by atoms with E-state index in [4.69, 9.17) is 18.9 Å². The smallest absolute Gasteiger partial charge is 0.434 e. The van der Waals surface area contributed by atoms with Crippen LogP contribution in [0.1, 0.15) is 25.7 Å². The lowest BCUT2D eigenvalue weighted by Crippen LogP contribution is -2.10. The van der Waals surface area contributed by atoms with E-state index in [0.717, 1.165) is 38.9 Å². The molecule has 2 aliphatic heterocycles. The molecule has 16 heavy (non-hydrogen) atoms. The van der Waals surface area contributed by atoms with Crippen molar-refractivity contribution in [1.82, 2.24) is 0 Å². The van der Waals surface area contributed by atoms with Gasteiger partial charge < -0.3 is 18.9 Å². The second-order valence-electron chi connectivity index (χ2n) is 4.14. The Kier molecular flexibility index (Phi) is 4.42. The third kappa shape index (κ3) is 5.32. The molecule has 0 N–H and O–H groups in total. The molecule has 2 fully saturated rings. The van der Waals surface area contributed by atoms with Crippen LogP contribution in [0.25, 0.3) is 0 Å². The molecule has 0 amide bonds. The minimum absolute atomic E-state index is 0.401. The Hall–Kier alpha value is -0.810. The fraction of sp³-hybridized carbons (Fsp3) is 0.909. The number of carbonyl (C=O) groups excluding carboxylic acids is 1. The summed E-state index contributed by atoms with van der Waals surface area (Å²) < 4.78 is 19.9. The van der Waals surface area contributed by atoms with Gasteiger partial charge in [-0.05, 0) is 25.7 Å². The van der Waals surface area contributed by atoms with E-state index in [1.807, 2.05) is 0 Å². The van der Waals surface area contributed by atoms with E-state index in [2.05, 4.69) is 0 Å². The zero-order valence-electron chi connectivity index (χ0n) is 9.35. The molecule has 0 saturated carbocycles. The zero-order valence-corrected chi connectivity index (χ0v) is 9.35. The van der Waals surface area contributed by atoms with Crippen LogP contribution >= 0.6 is 0 Å². The van der Waals surface area contributed by atoms with Crippen LogP contribution in [-0.2, 0) is 18.9 Å². The average Bonchev–Trinajstić information content (AvgIpc) is 3.14. The van der Waals surface area contributed by atoms with Gasteiger partial charge in [-0.15, -0.1) is 0 Å². The highest BCUT2D eigenvalue weighted by Gasteiger charge is 2.22. The van der Waals surface area contributed by atoms with Crippen molar-refractivity contribution in [2.75, 3.05) is 26.4 Å². The summed E-state index contributed by atoms with van der Waals surface area (Å²) in [4.78, 5) is 11.1. The van der Waals surface area contributed by atoms with Crippen molar-refractivity contribution >= 4 is 6.16 Å². The minimum Gasteiger partial charge on any atom is -0.434 e. The van der Waals surface area contributed by atoms with E-state index in [1.165, 1.54) is 0 Å². The summed E-state index contributed by atoms with van der Waals surface area (Å²) in [6.45, 7) is 2.55. The van der Waals surface area contributed by atoms with Crippen LogP contribution in [0.2, 0.25) is 0 Å². The molecule has 2 aliphatic rings. The van der Waals surface area contributed by atoms with Crippen LogP contribution < -0.4 is 0 Å². The first-order valence-electron chi connectivity index (χ1n) is 5.87. The van der Waals surface area contributed by atoms with Gasteiger partial charge in [0, 0.05) is 0 Å². The molecule has 2 saturated heterocycles. The van der Waals surface area contributed by atoms with Crippen molar-refractivity contribution in [2.24, 2.45) is 0 Å². The molecule has 92 valence electrons. The molecule has 0 aliphatic carbocycles. The molecule has 2 rings (SSSR count). The van der Waals surface area contributed by atoms with Crippen LogP contribution in [0.15, 0.2) is 0 Å². The Morgan fingerprint density at radius 2 is 1.44 bits per heavy atom. The van der Waals surface area contributed by atoms with Gasteiger partial charge in [0.1, 0.15) is 0 Å². The highest BCUT2D eigenvalue weighted by Crippen LogP contribution is 2.16. The second-order valence-corrected chi connectivity index (χ2v) is 4.14. The van der Waals surface area contributed by atoms with Gasteiger partial charge >= 0.3 is 6.16 Å². The third-order valence-corrected chi connectivity index (χ3v) is 2.59. The molecule has 0 bridgehead atoms. The van der Waals surface area contributed by atoms with Crippen molar-refractivity contribution in [2.45, 2.75) is 37.9 Å². The lowest BCUT2D eigenvalue weighted by atomic mass is 10.3. The predicted molar refractivity (Wildman–Crippen MR) is 55.2 cm³/mol. The number of epoxide rings is 2. The Morgan fingerprint density at radius 1 is 1.00 bits per heavy atom. The second kappa shape index (κ2) is 6.06. The standard InChI is InChI=1S/C11H18O5/c12-11(13-5-1-3-9-7-15-9)14-6-2-4-10-8-16-10/h9-10H,1-8H2. The maximum atomic E-state index is 11.1. The van der Waals surface area contributed by atoms with Crippen LogP contribution in [0.4, 0.5) is 4.79 Å². The van der Waals surface area contributed by atoms with E-state index in [1.54, 1.807) is 0 Å². The molecule has 2 unspecified atom stereocenters. The Morgan fingerprint density at radius 3 is 1.81 bits per heavy atom. The molecular weight excluding hydrogens is 212 g/mol. The van der Waals surface area contributed by atoms with Crippen LogP contribution in [0.3, 0.4) is 0 Å².